The van der Waals surface area contributed by atoms with Crippen molar-refractivity contribution < 1.29 is 9.59 Å². The number of primary amides is 1. The predicted octanol–water partition coefficient (Wildman–Crippen LogP) is 3.01. The number of nitrogens with one attached hydrogen (secondary N) is 1. The molecular weight excluding hydrogens is 302 g/mol. The Kier molecular flexibility index (Phi) is 5.68. The van der Waals surface area contributed by atoms with Gasteiger partial charge in [-0.15, -0.1) is 0 Å². The van der Waals surface area contributed by atoms with Crippen molar-refractivity contribution in [2.45, 2.75) is 33.2 Å². The largest absolute Gasteiger partial charge is 0.364 e. The molecule has 0 fully saturated rings. The first-order valence-corrected chi connectivity index (χ1v) is 8.01. The van der Waals surface area contributed by atoms with Crippen LogP contribution in [0.4, 0.5) is 0 Å². The third-order valence-electron chi connectivity index (χ3n) is 3.86. The van der Waals surface area contributed by atoms with Crippen LogP contribution >= 0.6 is 0 Å². The lowest BCUT2D eigenvalue weighted by Crippen LogP contribution is -2.32. The van der Waals surface area contributed by atoms with Crippen molar-refractivity contribution in [3.05, 3.63) is 65.0 Å². The molecule has 0 spiro atoms. The Morgan fingerprint density at radius 2 is 1.88 bits per heavy atom. The van der Waals surface area contributed by atoms with Gasteiger partial charge >= 0.3 is 0 Å². The number of aromatic nitrogens is 1. The Labute approximate surface area is 142 Å². The van der Waals surface area contributed by atoms with Crippen molar-refractivity contribution in [1.29, 1.82) is 0 Å². The fourth-order valence-electron chi connectivity index (χ4n) is 2.73. The van der Waals surface area contributed by atoms with E-state index in [1.54, 1.807) is 12.1 Å². The summed E-state index contributed by atoms with van der Waals surface area (Å²) >= 11 is 0. The molecule has 1 aromatic carbocycles. The Bertz CT molecular complexity index is 741. The van der Waals surface area contributed by atoms with E-state index in [4.69, 9.17) is 5.73 Å². The highest BCUT2D eigenvalue weighted by molar-refractivity contribution is 6.05. The zero-order chi connectivity index (χ0) is 17.7. The minimum atomic E-state index is -0.711. The normalized spacial score (nSPS) is 12.0. The number of pyridine rings is 1. The predicted molar refractivity (Wildman–Crippen MR) is 93.6 cm³/mol. The van der Waals surface area contributed by atoms with Crippen LogP contribution in [-0.4, -0.2) is 16.8 Å². The van der Waals surface area contributed by atoms with Gasteiger partial charge in [0.1, 0.15) is 5.69 Å². The van der Waals surface area contributed by atoms with Gasteiger partial charge in [-0.2, -0.15) is 0 Å². The van der Waals surface area contributed by atoms with Crippen LogP contribution < -0.4 is 11.1 Å². The van der Waals surface area contributed by atoms with Gasteiger partial charge in [-0.25, -0.2) is 0 Å². The van der Waals surface area contributed by atoms with Crippen LogP contribution in [0.3, 0.4) is 0 Å². The van der Waals surface area contributed by atoms with E-state index >= 15 is 0 Å². The van der Waals surface area contributed by atoms with E-state index in [1.165, 1.54) is 6.20 Å². The fourth-order valence-corrected chi connectivity index (χ4v) is 2.73. The molecule has 1 aromatic heterocycles. The summed E-state index contributed by atoms with van der Waals surface area (Å²) in [5.74, 6) is -0.651. The lowest BCUT2D eigenvalue weighted by Gasteiger charge is -2.23. The first kappa shape index (κ1) is 17.7. The fraction of sp³-hybridized carbons (Fsp3) is 0.316. The second-order valence-electron chi connectivity index (χ2n) is 6.28. The van der Waals surface area contributed by atoms with Crippen molar-refractivity contribution in [3.8, 4) is 0 Å². The number of carbonyl (C=O) groups excluding carboxylic acids is 2. The number of nitrogens with zero attached hydrogens (tertiary/aromatic N) is 1. The van der Waals surface area contributed by atoms with Crippen molar-refractivity contribution in [2.24, 2.45) is 11.7 Å². The van der Waals surface area contributed by atoms with Crippen molar-refractivity contribution >= 4 is 11.8 Å². The minimum Gasteiger partial charge on any atom is -0.364 e. The van der Waals surface area contributed by atoms with E-state index in [0.29, 0.717) is 5.92 Å². The standard InChI is InChI=1S/C19H23N3O2/c1-12(2)11-16(14-8-5-4-7-13(14)3)22-19(24)15-9-6-10-21-17(15)18(20)23/h4-10,12,16H,11H2,1-3H3,(H2,20,23)(H,22,24). The third-order valence-corrected chi connectivity index (χ3v) is 3.86. The van der Waals surface area contributed by atoms with E-state index in [1.807, 2.05) is 31.2 Å². The van der Waals surface area contributed by atoms with Gasteiger partial charge in [0.25, 0.3) is 11.8 Å². The van der Waals surface area contributed by atoms with E-state index in [0.717, 1.165) is 17.5 Å². The van der Waals surface area contributed by atoms with Crippen molar-refractivity contribution in [3.63, 3.8) is 0 Å². The molecule has 0 aliphatic heterocycles. The van der Waals surface area contributed by atoms with Crippen molar-refractivity contribution in [2.75, 3.05) is 0 Å². The van der Waals surface area contributed by atoms with Crippen LogP contribution in [0.25, 0.3) is 0 Å². The summed E-state index contributed by atoms with van der Waals surface area (Å²) < 4.78 is 0. The molecule has 3 N–H and O–H groups in total. The molecule has 0 aliphatic carbocycles. The Morgan fingerprint density at radius 1 is 1.17 bits per heavy atom. The maximum Gasteiger partial charge on any atom is 0.268 e. The number of amides is 2. The topological polar surface area (TPSA) is 85.1 Å². The number of hydrogen-bond acceptors (Lipinski definition) is 3. The van der Waals surface area contributed by atoms with Gasteiger partial charge in [-0.3, -0.25) is 14.6 Å². The van der Waals surface area contributed by atoms with Crippen LogP contribution in [0.1, 0.15) is 58.3 Å². The summed E-state index contributed by atoms with van der Waals surface area (Å²) in [6.07, 6.45) is 2.24. The number of hydrogen-bond donors (Lipinski definition) is 2. The summed E-state index contributed by atoms with van der Waals surface area (Å²) in [4.78, 5) is 28.1. The average molecular weight is 325 g/mol. The molecule has 2 rings (SSSR count). The van der Waals surface area contributed by atoms with E-state index in [9.17, 15) is 9.59 Å². The summed E-state index contributed by atoms with van der Waals surface area (Å²) in [5, 5.41) is 3.03. The first-order valence-electron chi connectivity index (χ1n) is 8.01. The van der Waals surface area contributed by atoms with Crippen molar-refractivity contribution in [1.82, 2.24) is 10.3 Å². The van der Waals surface area contributed by atoms with Gasteiger partial charge in [-0.05, 0) is 42.5 Å². The molecule has 0 aliphatic rings. The van der Waals surface area contributed by atoms with Crippen LogP contribution in [0.5, 0.6) is 0 Å². The molecule has 0 saturated carbocycles. The number of carbonyl (C=O) groups is 2. The number of benzene rings is 1. The highest BCUT2D eigenvalue weighted by atomic mass is 16.2. The number of aryl methyl sites for hydroxylation is 1. The monoisotopic (exact) mass is 325 g/mol. The minimum absolute atomic E-state index is 0.0110. The summed E-state index contributed by atoms with van der Waals surface area (Å²) in [5.41, 5.74) is 7.70. The van der Waals surface area contributed by atoms with Gasteiger partial charge in [0.05, 0.1) is 11.6 Å². The van der Waals surface area contributed by atoms with Crippen LogP contribution in [0.15, 0.2) is 42.6 Å². The molecule has 5 heteroatoms. The van der Waals surface area contributed by atoms with E-state index in [2.05, 4.69) is 24.1 Å². The number of nitrogens with two attached hydrogens (primary N) is 1. The van der Waals surface area contributed by atoms with Crippen LogP contribution in [-0.2, 0) is 0 Å². The van der Waals surface area contributed by atoms with Gasteiger partial charge in [0.2, 0.25) is 0 Å². The smallest absolute Gasteiger partial charge is 0.268 e. The van der Waals surface area contributed by atoms with Gasteiger partial charge in [-0.1, -0.05) is 38.1 Å². The maximum atomic E-state index is 12.7. The van der Waals surface area contributed by atoms with Gasteiger partial charge in [0, 0.05) is 6.20 Å². The highest BCUT2D eigenvalue weighted by Crippen LogP contribution is 2.24. The molecule has 0 saturated heterocycles. The molecule has 126 valence electrons. The maximum absolute atomic E-state index is 12.7. The molecule has 1 atom stereocenters. The average Bonchev–Trinajstić information content (AvgIpc) is 2.54. The molecule has 1 heterocycles. The molecule has 1 unspecified atom stereocenters. The molecule has 5 nitrogen and oxygen atoms in total. The zero-order valence-corrected chi connectivity index (χ0v) is 14.2. The summed E-state index contributed by atoms with van der Waals surface area (Å²) in [6, 6.07) is 11.0. The number of rotatable bonds is 6. The second-order valence-corrected chi connectivity index (χ2v) is 6.28. The molecular formula is C19H23N3O2. The third kappa shape index (κ3) is 4.19. The Morgan fingerprint density at radius 3 is 2.50 bits per heavy atom. The zero-order valence-electron chi connectivity index (χ0n) is 14.2. The molecule has 24 heavy (non-hydrogen) atoms. The molecule has 2 aromatic rings. The molecule has 2 amide bonds. The van der Waals surface area contributed by atoms with E-state index in [-0.39, 0.29) is 23.2 Å². The lowest BCUT2D eigenvalue weighted by molar-refractivity contribution is 0.0916. The van der Waals surface area contributed by atoms with Gasteiger partial charge in [0.15, 0.2) is 0 Å². The Hall–Kier alpha value is -2.69. The van der Waals surface area contributed by atoms with E-state index < -0.39 is 5.91 Å². The first-order chi connectivity index (χ1) is 11.4. The molecule has 0 radical (unpaired) electrons. The van der Waals surface area contributed by atoms with Gasteiger partial charge < -0.3 is 11.1 Å². The van der Waals surface area contributed by atoms with Crippen LogP contribution in [0.2, 0.25) is 0 Å². The Balaban J connectivity index is 2.32. The SMILES string of the molecule is Cc1ccccc1C(CC(C)C)NC(=O)c1cccnc1C(N)=O. The highest BCUT2D eigenvalue weighted by Gasteiger charge is 2.22. The quantitative estimate of drug-likeness (QED) is 0.856. The van der Waals surface area contributed by atoms with Crippen LogP contribution in [0, 0.1) is 12.8 Å². The summed E-state index contributed by atoms with van der Waals surface area (Å²) in [6.45, 7) is 6.24. The second kappa shape index (κ2) is 7.73. The summed E-state index contributed by atoms with van der Waals surface area (Å²) in [7, 11) is 0. The molecule has 0 bridgehead atoms. The lowest BCUT2D eigenvalue weighted by atomic mass is 9.93.